The van der Waals surface area contributed by atoms with Gasteiger partial charge in [-0.3, -0.25) is 9.89 Å². The zero-order valence-electron chi connectivity index (χ0n) is 17.2. The van der Waals surface area contributed by atoms with E-state index in [9.17, 15) is 17.8 Å². The number of nitrogens with zero attached hydrogens (tertiary/aromatic N) is 3. The molecule has 3 aromatic rings. The number of H-pyrrole nitrogens is 1. The normalized spacial score (nSPS) is 10.5. The molecule has 0 spiro atoms. The van der Waals surface area contributed by atoms with Gasteiger partial charge < -0.3 is 4.55 Å². The number of aryl methyl sites for hydroxylation is 1. The van der Waals surface area contributed by atoms with Crippen LogP contribution in [-0.2, 0) is 20.7 Å². The summed E-state index contributed by atoms with van der Waals surface area (Å²) >= 11 is 11.9. The Morgan fingerprint density at radius 3 is 2.12 bits per heavy atom. The van der Waals surface area contributed by atoms with Gasteiger partial charge in [-0.05, 0) is 24.7 Å². The SMILES string of the molecule is Cc1[nH]n(-c2cc(Cl)c(S(=O)(=O)[O-])cc2Cl)c(=O)c1N=Nc1cc[c-]cc1.O=S(=O)=O.[Na+].[Na+]. The van der Waals surface area contributed by atoms with Crippen LogP contribution >= 0.6 is 23.2 Å². The van der Waals surface area contributed by atoms with Crippen LogP contribution in [0.15, 0.2) is 56.3 Å². The minimum Gasteiger partial charge on any atom is -0.744 e. The van der Waals surface area contributed by atoms with Crippen molar-refractivity contribution in [3.63, 3.8) is 0 Å². The average Bonchev–Trinajstić information content (AvgIpc) is 2.95. The molecule has 164 valence electrons. The molecule has 0 unspecified atom stereocenters. The van der Waals surface area contributed by atoms with Crippen LogP contribution < -0.4 is 64.7 Å². The number of benzene rings is 2. The molecule has 11 nitrogen and oxygen atoms in total. The number of aromatic amines is 1. The third-order valence-corrected chi connectivity index (χ3v) is 5.12. The first-order valence-electron chi connectivity index (χ1n) is 7.83. The molecule has 0 aliphatic rings. The molecule has 1 N–H and O–H groups in total. The fraction of sp³-hybridized carbons (Fsp3) is 0.0625. The number of hydrogen-bond donors (Lipinski definition) is 1. The second-order valence-electron chi connectivity index (χ2n) is 5.58. The van der Waals surface area contributed by atoms with Crippen LogP contribution in [0.2, 0.25) is 10.0 Å². The van der Waals surface area contributed by atoms with Crippen molar-refractivity contribution in [2.45, 2.75) is 11.8 Å². The van der Waals surface area contributed by atoms with Crippen LogP contribution in [0.5, 0.6) is 0 Å². The Morgan fingerprint density at radius 2 is 1.61 bits per heavy atom. The number of halogens is 2. The van der Waals surface area contributed by atoms with Crippen molar-refractivity contribution in [2.24, 2.45) is 10.2 Å². The van der Waals surface area contributed by atoms with E-state index in [2.05, 4.69) is 21.4 Å². The van der Waals surface area contributed by atoms with E-state index in [4.69, 9.17) is 35.8 Å². The molecule has 1 aromatic heterocycles. The van der Waals surface area contributed by atoms with E-state index in [1.165, 1.54) is 0 Å². The van der Waals surface area contributed by atoms with Crippen LogP contribution in [0.1, 0.15) is 5.69 Å². The summed E-state index contributed by atoms with van der Waals surface area (Å²) in [7, 11) is -7.92. The molecule has 0 atom stereocenters. The molecular weight excluding hydrogens is 541 g/mol. The molecule has 0 aliphatic carbocycles. The summed E-state index contributed by atoms with van der Waals surface area (Å²) in [5.74, 6) is 0. The molecule has 0 amide bonds. The fourth-order valence-electron chi connectivity index (χ4n) is 2.26. The van der Waals surface area contributed by atoms with E-state index in [0.717, 1.165) is 16.8 Å². The molecular formula is C16H10Cl2N4Na2O7S2. The van der Waals surface area contributed by atoms with Gasteiger partial charge in [0, 0.05) is 0 Å². The minimum absolute atomic E-state index is 0. The van der Waals surface area contributed by atoms with Gasteiger partial charge in [-0.1, -0.05) is 23.2 Å². The average molecular weight is 551 g/mol. The Kier molecular flexibility index (Phi) is 13.5. The topological polar surface area (TPSA) is 171 Å². The monoisotopic (exact) mass is 550 g/mol. The number of nitrogens with one attached hydrogen (secondary N) is 1. The molecule has 17 heteroatoms. The summed E-state index contributed by atoms with van der Waals surface area (Å²) in [6.45, 7) is 1.61. The molecule has 0 radical (unpaired) electrons. The maximum Gasteiger partial charge on any atom is 1.00 e. The van der Waals surface area contributed by atoms with E-state index < -0.39 is 31.2 Å². The van der Waals surface area contributed by atoms with Crippen LogP contribution in [-0.4, -0.2) is 35.4 Å². The van der Waals surface area contributed by atoms with E-state index in [1.807, 2.05) is 0 Å². The standard InChI is InChI=1S/C16H11Cl2N4O4S.2Na.O3S/c1-9-15(20-19-10-5-3-2-4-6-10)16(23)22(21-9)13-7-12(18)14(8-11(13)17)27(24,25)26;;;1-4(2)3/h3-8,21H,1H3,(H,24,25,26);;;/q-1;2*+1;/p-1. The van der Waals surface area contributed by atoms with E-state index in [-0.39, 0.29) is 80.5 Å². The van der Waals surface area contributed by atoms with Gasteiger partial charge in [0.15, 0.2) is 5.69 Å². The van der Waals surface area contributed by atoms with Gasteiger partial charge in [0.1, 0.15) is 10.1 Å². The van der Waals surface area contributed by atoms with Crippen LogP contribution in [0, 0.1) is 13.0 Å². The van der Waals surface area contributed by atoms with Crippen molar-refractivity contribution < 1.29 is 84.7 Å². The Morgan fingerprint density at radius 1 is 1.06 bits per heavy atom. The number of azo groups is 1. The Bertz CT molecular complexity index is 1420. The first-order chi connectivity index (χ1) is 14.4. The Balaban J connectivity index is 0.00000158. The van der Waals surface area contributed by atoms with Gasteiger partial charge in [0.25, 0.3) is 5.56 Å². The largest absolute Gasteiger partial charge is 1.00 e. The quantitative estimate of drug-likeness (QED) is 0.155. The molecule has 3 rings (SSSR count). The molecule has 2 aromatic carbocycles. The van der Waals surface area contributed by atoms with E-state index in [0.29, 0.717) is 11.4 Å². The summed E-state index contributed by atoms with van der Waals surface area (Å²) in [5.41, 5.74) is 0.466. The molecule has 0 bridgehead atoms. The number of rotatable bonds is 4. The van der Waals surface area contributed by atoms with Gasteiger partial charge in [-0.15, -0.1) is 29.9 Å². The summed E-state index contributed by atoms with van der Waals surface area (Å²) in [6, 6.07) is 11.5. The van der Waals surface area contributed by atoms with Crippen molar-refractivity contribution in [1.29, 1.82) is 0 Å². The number of hydrogen-bond acceptors (Lipinski definition) is 9. The summed E-state index contributed by atoms with van der Waals surface area (Å²) in [5, 5.41) is 10.2. The fourth-order valence-corrected chi connectivity index (χ4v) is 3.57. The Labute approximate surface area is 243 Å². The van der Waals surface area contributed by atoms with Gasteiger partial charge >= 0.3 is 69.7 Å². The van der Waals surface area contributed by atoms with Crippen molar-refractivity contribution in [3.05, 3.63) is 68.6 Å². The molecule has 0 fully saturated rings. The second-order valence-corrected chi connectivity index (χ2v) is 8.15. The van der Waals surface area contributed by atoms with Crippen molar-refractivity contribution >= 4 is 55.3 Å². The summed E-state index contributed by atoms with van der Waals surface area (Å²) < 4.78 is 60.0. The molecule has 33 heavy (non-hydrogen) atoms. The van der Waals surface area contributed by atoms with E-state index >= 15 is 0 Å². The van der Waals surface area contributed by atoms with Crippen LogP contribution in [0.25, 0.3) is 5.69 Å². The van der Waals surface area contributed by atoms with Crippen molar-refractivity contribution in [2.75, 3.05) is 0 Å². The van der Waals surface area contributed by atoms with Crippen molar-refractivity contribution in [1.82, 2.24) is 9.78 Å². The van der Waals surface area contributed by atoms with Crippen LogP contribution in [0.4, 0.5) is 11.4 Å². The first-order valence-corrected chi connectivity index (χ1v) is 11.0. The zero-order chi connectivity index (χ0) is 23.3. The first kappa shape index (κ1) is 32.2. The van der Waals surface area contributed by atoms with E-state index in [1.54, 1.807) is 31.2 Å². The predicted octanol–water partition coefficient (Wildman–Crippen LogP) is -3.10. The van der Waals surface area contributed by atoms with Crippen molar-refractivity contribution in [3.8, 4) is 5.69 Å². The smallest absolute Gasteiger partial charge is 0.744 e. The maximum absolute atomic E-state index is 12.6. The Hall–Kier alpha value is -0.840. The van der Waals surface area contributed by atoms with Gasteiger partial charge in [-0.2, -0.15) is 23.3 Å². The van der Waals surface area contributed by atoms with Gasteiger partial charge in [0.05, 0.1) is 26.3 Å². The molecule has 0 aliphatic heterocycles. The second kappa shape index (κ2) is 13.9. The maximum atomic E-state index is 12.6. The predicted molar refractivity (Wildman–Crippen MR) is 108 cm³/mol. The minimum atomic E-state index is -4.81. The third kappa shape index (κ3) is 9.03. The summed E-state index contributed by atoms with van der Waals surface area (Å²) in [4.78, 5) is 12.0. The van der Waals surface area contributed by atoms with Crippen LogP contribution in [0.3, 0.4) is 0 Å². The number of aromatic nitrogens is 2. The zero-order valence-corrected chi connectivity index (χ0v) is 24.4. The molecule has 0 saturated carbocycles. The third-order valence-electron chi connectivity index (χ3n) is 3.52. The van der Waals surface area contributed by atoms with Gasteiger partial charge in [-0.25, -0.2) is 13.1 Å². The molecule has 1 heterocycles. The van der Waals surface area contributed by atoms with Gasteiger partial charge in [0.2, 0.25) is 0 Å². The molecule has 0 saturated heterocycles. The summed E-state index contributed by atoms with van der Waals surface area (Å²) in [6.07, 6.45) is 0.